The van der Waals surface area contributed by atoms with Gasteiger partial charge in [0.25, 0.3) is 0 Å². The number of carbonyl (C=O) groups is 7. The lowest BCUT2D eigenvalue weighted by Gasteiger charge is -2.06. The van der Waals surface area contributed by atoms with E-state index in [4.69, 9.17) is 9.47 Å². The van der Waals surface area contributed by atoms with Gasteiger partial charge in [-0.05, 0) is 38.1 Å². The Kier molecular flexibility index (Phi) is 6.96. The van der Waals surface area contributed by atoms with E-state index in [0.29, 0.717) is 0 Å². The molecule has 2 unspecified atom stereocenters. The van der Waals surface area contributed by atoms with Crippen LogP contribution in [0.3, 0.4) is 0 Å². The highest BCUT2D eigenvalue weighted by molar-refractivity contribution is 6.37. The first kappa shape index (κ1) is 25.2. The summed E-state index contributed by atoms with van der Waals surface area (Å²) in [5.74, 6) is -7.50. The van der Waals surface area contributed by atoms with E-state index in [1.807, 2.05) is 0 Å². The van der Waals surface area contributed by atoms with Crippen LogP contribution in [0.25, 0.3) is 0 Å². The second-order valence-corrected chi connectivity index (χ2v) is 8.38. The first-order chi connectivity index (χ1) is 17.2. The van der Waals surface area contributed by atoms with Crippen molar-refractivity contribution in [1.82, 2.24) is 0 Å². The van der Waals surface area contributed by atoms with Gasteiger partial charge in [0, 0.05) is 46.6 Å². The van der Waals surface area contributed by atoms with Gasteiger partial charge in [0.15, 0.2) is 40.5 Å². The molecule has 0 saturated carbocycles. The number of benzene rings is 2. The van der Waals surface area contributed by atoms with Gasteiger partial charge in [0.05, 0.1) is 0 Å². The van der Waals surface area contributed by atoms with Crippen LogP contribution >= 0.6 is 0 Å². The van der Waals surface area contributed by atoms with Crippen LogP contribution in [0, 0.1) is 11.8 Å². The summed E-state index contributed by atoms with van der Waals surface area (Å²) in [7, 11) is 0. The SMILES string of the molecule is CCOCC(=O)C1C(=O)c2ccc(C(=O)c3ccc4c(c3)C(=O)C(C(=O)COCC)C4=O)cc2C1=O. The van der Waals surface area contributed by atoms with Crippen molar-refractivity contribution in [1.29, 1.82) is 0 Å². The number of carbonyl (C=O) groups excluding carboxylic acids is 7. The lowest BCUT2D eigenvalue weighted by atomic mass is 9.96. The molecule has 36 heavy (non-hydrogen) atoms. The van der Waals surface area contributed by atoms with Gasteiger partial charge in [-0.2, -0.15) is 0 Å². The van der Waals surface area contributed by atoms with Crippen molar-refractivity contribution in [2.75, 3.05) is 26.4 Å². The fraction of sp³-hybridized carbons (Fsp3) is 0.296. The Morgan fingerprint density at radius 1 is 0.611 bits per heavy atom. The second-order valence-electron chi connectivity index (χ2n) is 8.38. The largest absolute Gasteiger partial charge is 0.374 e. The third kappa shape index (κ3) is 4.16. The van der Waals surface area contributed by atoms with Gasteiger partial charge in [0.2, 0.25) is 0 Å². The maximum Gasteiger partial charge on any atom is 0.193 e. The topological polar surface area (TPSA) is 138 Å². The zero-order valence-corrected chi connectivity index (χ0v) is 19.6. The first-order valence-electron chi connectivity index (χ1n) is 11.4. The van der Waals surface area contributed by atoms with Crippen LogP contribution in [-0.4, -0.2) is 66.9 Å². The van der Waals surface area contributed by atoms with Gasteiger partial charge >= 0.3 is 0 Å². The van der Waals surface area contributed by atoms with Crippen LogP contribution in [0.15, 0.2) is 36.4 Å². The Morgan fingerprint density at radius 3 is 1.33 bits per heavy atom. The molecule has 0 aromatic heterocycles. The molecule has 0 N–H and O–H groups in total. The van der Waals surface area contributed by atoms with Gasteiger partial charge < -0.3 is 9.47 Å². The molecule has 9 nitrogen and oxygen atoms in total. The van der Waals surface area contributed by atoms with E-state index in [1.165, 1.54) is 36.4 Å². The van der Waals surface area contributed by atoms with E-state index >= 15 is 0 Å². The van der Waals surface area contributed by atoms with Crippen LogP contribution in [-0.2, 0) is 19.1 Å². The smallest absolute Gasteiger partial charge is 0.193 e. The molecule has 0 saturated heterocycles. The predicted molar refractivity (Wildman–Crippen MR) is 124 cm³/mol. The third-order valence-corrected chi connectivity index (χ3v) is 6.21. The Labute approximate surface area is 205 Å². The summed E-state index contributed by atoms with van der Waals surface area (Å²) in [6, 6.07) is 7.86. The van der Waals surface area contributed by atoms with E-state index in [9.17, 15) is 33.6 Å². The fourth-order valence-electron chi connectivity index (χ4n) is 4.39. The molecule has 9 heteroatoms. The minimum Gasteiger partial charge on any atom is -0.374 e. The predicted octanol–water partition coefficient (Wildman–Crippen LogP) is 2.12. The number of rotatable bonds is 10. The molecule has 0 heterocycles. The van der Waals surface area contributed by atoms with E-state index < -0.39 is 52.3 Å². The summed E-state index contributed by atoms with van der Waals surface area (Å²) in [6.45, 7) is 3.13. The number of fused-ring (bicyclic) bond motifs is 2. The summed E-state index contributed by atoms with van der Waals surface area (Å²) >= 11 is 0. The zero-order chi connectivity index (χ0) is 26.1. The highest BCUT2D eigenvalue weighted by Crippen LogP contribution is 2.31. The van der Waals surface area contributed by atoms with E-state index in [1.54, 1.807) is 13.8 Å². The van der Waals surface area contributed by atoms with Crippen molar-refractivity contribution in [2.45, 2.75) is 13.8 Å². The van der Waals surface area contributed by atoms with Gasteiger partial charge in [-0.15, -0.1) is 0 Å². The number of hydrogen-bond donors (Lipinski definition) is 0. The molecule has 2 aliphatic rings. The summed E-state index contributed by atoms with van der Waals surface area (Å²) in [5, 5.41) is 0. The third-order valence-electron chi connectivity index (χ3n) is 6.21. The number of ketones is 7. The summed E-state index contributed by atoms with van der Waals surface area (Å²) in [6.07, 6.45) is 0. The minimum absolute atomic E-state index is 0.0327. The van der Waals surface area contributed by atoms with Gasteiger partial charge in [0.1, 0.15) is 25.0 Å². The molecule has 0 fully saturated rings. The van der Waals surface area contributed by atoms with Gasteiger partial charge in [-0.25, -0.2) is 0 Å². The summed E-state index contributed by atoms with van der Waals surface area (Å²) in [5.41, 5.74) is 0.167. The minimum atomic E-state index is -1.49. The average molecular weight is 490 g/mol. The molecule has 184 valence electrons. The van der Waals surface area contributed by atoms with E-state index in [2.05, 4.69) is 0 Å². The van der Waals surface area contributed by atoms with Crippen molar-refractivity contribution >= 4 is 40.5 Å². The highest BCUT2D eigenvalue weighted by atomic mass is 16.5. The summed E-state index contributed by atoms with van der Waals surface area (Å²) in [4.78, 5) is 88.6. The fourth-order valence-corrected chi connectivity index (χ4v) is 4.39. The van der Waals surface area contributed by atoms with Gasteiger partial charge in [-0.1, -0.05) is 12.1 Å². The highest BCUT2D eigenvalue weighted by Gasteiger charge is 2.44. The Morgan fingerprint density at radius 2 is 0.972 bits per heavy atom. The second kappa shape index (κ2) is 9.96. The molecular weight excluding hydrogens is 468 g/mol. The Hall–Kier alpha value is -3.95. The van der Waals surface area contributed by atoms with Crippen molar-refractivity contribution < 1.29 is 43.0 Å². The Bertz CT molecular complexity index is 1250. The zero-order valence-electron chi connectivity index (χ0n) is 19.6. The number of ether oxygens (including phenoxy) is 2. The molecule has 2 aromatic rings. The lowest BCUT2D eigenvalue weighted by Crippen LogP contribution is -2.29. The maximum atomic E-state index is 13.2. The first-order valence-corrected chi connectivity index (χ1v) is 11.4. The monoisotopic (exact) mass is 490 g/mol. The number of Topliss-reactive ketones (excluding diaryl/α,β-unsaturated/α-hetero) is 6. The maximum absolute atomic E-state index is 13.2. The molecule has 0 bridgehead atoms. The van der Waals surface area contributed by atoms with Gasteiger partial charge in [-0.3, -0.25) is 33.6 Å². The van der Waals surface area contributed by atoms with E-state index in [-0.39, 0.29) is 59.8 Å². The quantitative estimate of drug-likeness (QED) is 0.362. The van der Waals surface area contributed by atoms with Crippen LogP contribution in [0.5, 0.6) is 0 Å². The molecule has 4 rings (SSSR count). The Balaban J connectivity index is 1.60. The average Bonchev–Trinajstić information content (AvgIpc) is 3.28. The number of hydrogen-bond acceptors (Lipinski definition) is 9. The molecule has 0 amide bonds. The molecule has 0 aliphatic heterocycles. The molecule has 0 radical (unpaired) electrons. The molecule has 0 spiro atoms. The molecule has 2 atom stereocenters. The normalized spacial score (nSPS) is 18.4. The molecule has 2 aliphatic carbocycles. The molecule has 2 aromatic carbocycles. The summed E-state index contributed by atoms with van der Waals surface area (Å²) < 4.78 is 10.1. The molecular formula is C27H22O9. The van der Waals surface area contributed by atoms with Crippen molar-refractivity contribution in [3.05, 3.63) is 69.8 Å². The van der Waals surface area contributed by atoms with Crippen LogP contribution in [0.4, 0.5) is 0 Å². The van der Waals surface area contributed by atoms with Crippen molar-refractivity contribution in [2.24, 2.45) is 11.8 Å². The van der Waals surface area contributed by atoms with Crippen LogP contribution in [0.2, 0.25) is 0 Å². The van der Waals surface area contributed by atoms with Crippen LogP contribution in [0.1, 0.15) is 71.2 Å². The van der Waals surface area contributed by atoms with Crippen molar-refractivity contribution in [3.63, 3.8) is 0 Å². The van der Waals surface area contributed by atoms with Crippen molar-refractivity contribution in [3.8, 4) is 0 Å². The van der Waals surface area contributed by atoms with E-state index in [0.717, 1.165) is 0 Å². The standard InChI is InChI=1S/C27H22O9/c1-3-35-11-19(28)21-24(31)15-7-5-13(9-17(15)26(21)33)23(30)14-6-8-16-18(10-14)27(34)22(25(16)32)20(29)12-36-4-2/h5-10,21-22H,3-4,11-12H2,1-2H3. The van der Waals surface area contributed by atoms with Crippen LogP contribution < -0.4 is 0 Å². The lowest BCUT2D eigenvalue weighted by molar-refractivity contribution is -0.125.